The fraction of sp³-hybridized carbons (Fsp3) is 0.118. The van der Waals surface area contributed by atoms with E-state index in [1.807, 2.05) is 24.3 Å². The second kappa shape index (κ2) is 7.27. The molecule has 2 heterocycles. The molecule has 0 spiro atoms. The average molecular weight is 387 g/mol. The number of nitrogens with one attached hydrogen (secondary N) is 2. The molecule has 0 aliphatic carbocycles. The van der Waals surface area contributed by atoms with Crippen molar-refractivity contribution >= 4 is 21.8 Å². The summed E-state index contributed by atoms with van der Waals surface area (Å²) in [6, 6.07) is 11.0. The standard InChI is InChI=1S/C17H15BrN4O2/c1-24-12-4-2-3-11(9-12)10-21-17(23)13-5-6-14(18)22-15(13)16-19-7-8-20-16/h2-9H,10H2,1H3,(H,19,20)(H,21,23). The van der Waals surface area contributed by atoms with Gasteiger partial charge in [-0.05, 0) is 45.8 Å². The van der Waals surface area contributed by atoms with E-state index >= 15 is 0 Å². The Bertz CT molecular complexity index is 850. The summed E-state index contributed by atoms with van der Waals surface area (Å²) in [6.45, 7) is 0.393. The molecule has 0 unspecified atom stereocenters. The molecule has 0 aliphatic rings. The molecule has 0 atom stereocenters. The second-order valence-corrected chi connectivity index (χ2v) is 5.81. The van der Waals surface area contributed by atoms with E-state index in [-0.39, 0.29) is 5.91 Å². The van der Waals surface area contributed by atoms with Crippen LogP contribution in [0.5, 0.6) is 5.75 Å². The van der Waals surface area contributed by atoms with Gasteiger partial charge in [0.25, 0.3) is 5.91 Å². The first-order chi connectivity index (χ1) is 11.7. The number of pyridine rings is 1. The number of rotatable bonds is 5. The molecule has 0 aliphatic heterocycles. The van der Waals surface area contributed by atoms with Crippen LogP contribution in [0.1, 0.15) is 15.9 Å². The quantitative estimate of drug-likeness (QED) is 0.659. The molecule has 122 valence electrons. The molecular formula is C17H15BrN4O2. The van der Waals surface area contributed by atoms with Crippen LogP contribution >= 0.6 is 15.9 Å². The first kappa shape index (κ1) is 16.2. The first-order valence-electron chi connectivity index (χ1n) is 7.25. The van der Waals surface area contributed by atoms with E-state index in [0.29, 0.717) is 28.2 Å². The van der Waals surface area contributed by atoms with Crippen LogP contribution in [0, 0.1) is 0 Å². The van der Waals surface area contributed by atoms with Gasteiger partial charge in [-0.2, -0.15) is 0 Å². The van der Waals surface area contributed by atoms with Crippen LogP contribution in [0.4, 0.5) is 0 Å². The summed E-state index contributed by atoms with van der Waals surface area (Å²) in [7, 11) is 1.61. The lowest BCUT2D eigenvalue weighted by Gasteiger charge is -2.09. The van der Waals surface area contributed by atoms with Crippen molar-refractivity contribution in [1.82, 2.24) is 20.3 Å². The van der Waals surface area contributed by atoms with Crippen LogP contribution in [0.15, 0.2) is 53.4 Å². The number of H-pyrrole nitrogens is 1. The third kappa shape index (κ3) is 3.62. The lowest BCUT2D eigenvalue weighted by Crippen LogP contribution is -2.24. The number of ether oxygens (including phenoxy) is 1. The van der Waals surface area contributed by atoms with Crippen molar-refractivity contribution in [3.05, 3.63) is 64.5 Å². The largest absolute Gasteiger partial charge is 0.497 e. The van der Waals surface area contributed by atoms with Gasteiger partial charge in [0.2, 0.25) is 0 Å². The first-order valence-corrected chi connectivity index (χ1v) is 8.04. The Kier molecular flexibility index (Phi) is 4.90. The van der Waals surface area contributed by atoms with Crippen LogP contribution in [-0.2, 0) is 6.54 Å². The molecule has 3 rings (SSSR count). The zero-order valence-electron chi connectivity index (χ0n) is 12.9. The third-order valence-corrected chi connectivity index (χ3v) is 3.86. The number of benzene rings is 1. The number of halogens is 1. The molecule has 7 heteroatoms. The van der Waals surface area contributed by atoms with Crippen LogP contribution in [-0.4, -0.2) is 28.0 Å². The van der Waals surface area contributed by atoms with Gasteiger partial charge in [-0.25, -0.2) is 9.97 Å². The molecule has 0 bridgehead atoms. The van der Waals surface area contributed by atoms with Crippen molar-refractivity contribution in [3.8, 4) is 17.3 Å². The average Bonchev–Trinajstić information content (AvgIpc) is 3.14. The van der Waals surface area contributed by atoms with Crippen molar-refractivity contribution in [2.75, 3.05) is 7.11 Å². The maximum atomic E-state index is 12.6. The maximum Gasteiger partial charge on any atom is 0.253 e. The summed E-state index contributed by atoms with van der Waals surface area (Å²) in [5.74, 6) is 1.08. The van der Waals surface area contributed by atoms with Crippen LogP contribution < -0.4 is 10.1 Å². The lowest BCUT2D eigenvalue weighted by atomic mass is 10.1. The zero-order chi connectivity index (χ0) is 16.9. The highest BCUT2D eigenvalue weighted by atomic mass is 79.9. The fourth-order valence-corrected chi connectivity index (χ4v) is 2.56. The molecule has 6 nitrogen and oxygen atoms in total. The molecule has 0 saturated heterocycles. The van der Waals surface area contributed by atoms with Gasteiger partial charge in [0, 0.05) is 18.9 Å². The number of carbonyl (C=O) groups excluding carboxylic acids is 1. The highest BCUT2D eigenvalue weighted by molar-refractivity contribution is 9.10. The van der Waals surface area contributed by atoms with Crippen LogP contribution in [0.2, 0.25) is 0 Å². The highest BCUT2D eigenvalue weighted by Crippen LogP contribution is 2.21. The Morgan fingerprint density at radius 2 is 2.21 bits per heavy atom. The topological polar surface area (TPSA) is 79.9 Å². The number of nitrogens with zero attached hydrogens (tertiary/aromatic N) is 2. The summed E-state index contributed by atoms with van der Waals surface area (Å²) in [5.41, 5.74) is 1.90. The van der Waals surface area contributed by atoms with Gasteiger partial charge in [0.15, 0.2) is 5.82 Å². The van der Waals surface area contributed by atoms with E-state index in [1.54, 1.807) is 31.6 Å². The Balaban J connectivity index is 1.80. The van der Waals surface area contributed by atoms with E-state index in [0.717, 1.165) is 11.3 Å². The van der Waals surface area contributed by atoms with Crippen LogP contribution in [0.25, 0.3) is 11.5 Å². The smallest absolute Gasteiger partial charge is 0.253 e. The van der Waals surface area contributed by atoms with E-state index in [2.05, 4.69) is 36.2 Å². The summed E-state index contributed by atoms with van der Waals surface area (Å²) in [6.07, 6.45) is 3.31. The van der Waals surface area contributed by atoms with Gasteiger partial charge in [-0.3, -0.25) is 4.79 Å². The number of hydrogen-bond acceptors (Lipinski definition) is 4. The highest BCUT2D eigenvalue weighted by Gasteiger charge is 2.16. The number of imidazole rings is 1. The van der Waals surface area contributed by atoms with E-state index in [4.69, 9.17) is 4.74 Å². The van der Waals surface area contributed by atoms with Crippen LogP contribution in [0.3, 0.4) is 0 Å². The molecule has 1 aromatic carbocycles. The molecule has 24 heavy (non-hydrogen) atoms. The van der Waals surface area contributed by atoms with Crippen molar-refractivity contribution in [3.63, 3.8) is 0 Å². The Labute approximate surface area is 147 Å². The van der Waals surface area contributed by atoms with E-state index in [9.17, 15) is 4.79 Å². The normalized spacial score (nSPS) is 10.4. The summed E-state index contributed by atoms with van der Waals surface area (Å²) >= 11 is 3.32. The molecule has 0 radical (unpaired) electrons. The molecule has 2 aromatic heterocycles. The number of aromatic amines is 1. The summed E-state index contributed by atoms with van der Waals surface area (Å²) in [4.78, 5) is 24.1. The SMILES string of the molecule is COc1cccc(CNC(=O)c2ccc(Br)nc2-c2ncc[nH]2)c1. The van der Waals surface area contributed by atoms with Gasteiger partial charge in [0.05, 0.1) is 12.7 Å². The predicted molar refractivity (Wildman–Crippen MR) is 93.7 cm³/mol. The predicted octanol–water partition coefficient (Wildman–Crippen LogP) is 3.17. The van der Waals surface area contributed by atoms with E-state index in [1.165, 1.54) is 0 Å². The minimum absolute atomic E-state index is 0.218. The monoisotopic (exact) mass is 386 g/mol. The van der Waals surface area contributed by atoms with Crippen molar-refractivity contribution in [2.45, 2.75) is 6.54 Å². The minimum atomic E-state index is -0.218. The van der Waals surface area contributed by atoms with Crippen molar-refractivity contribution in [2.24, 2.45) is 0 Å². The molecule has 0 saturated carbocycles. The Hall–Kier alpha value is -2.67. The number of aromatic nitrogens is 3. The van der Waals surface area contributed by atoms with Crippen molar-refractivity contribution < 1.29 is 9.53 Å². The fourth-order valence-electron chi connectivity index (χ4n) is 2.25. The molecular weight excluding hydrogens is 372 g/mol. The maximum absolute atomic E-state index is 12.6. The number of methoxy groups -OCH3 is 1. The zero-order valence-corrected chi connectivity index (χ0v) is 14.5. The molecule has 0 fully saturated rings. The summed E-state index contributed by atoms with van der Waals surface area (Å²) < 4.78 is 5.82. The molecule has 2 N–H and O–H groups in total. The Morgan fingerprint density at radius 3 is 2.96 bits per heavy atom. The Morgan fingerprint density at radius 1 is 1.33 bits per heavy atom. The summed E-state index contributed by atoms with van der Waals surface area (Å²) in [5, 5.41) is 2.90. The molecule has 1 amide bonds. The van der Waals surface area contributed by atoms with Gasteiger partial charge in [-0.15, -0.1) is 0 Å². The minimum Gasteiger partial charge on any atom is -0.497 e. The van der Waals surface area contributed by atoms with E-state index < -0.39 is 0 Å². The second-order valence-electron chi connectivity index (χ2n) is 5.00. The number of hydrogen-bond donors (Lipinski definition) is 2. The number of amides is 1. The number of carbonyl (C=O) groups is 1. The molecule has 3 aromatic rings. The van der Waals surface area contributed by atoms with Crippen molar-refractivity contribution in [1.29, 1.82) is 0 Å². The van der Waals surface area contributed by atoms with Gasteiger partial charge in [-0.1, -0.05) is 12.1 Å². The van der Waals surface area contributed by atoms with Gasteiger partial charge >= 0.3 is 0 Å². The third-order valence-electron chi connectivity index (χ3n) is 3.42. The van der Waals surface area contributed by atoms with Gasteiger partial charge in [0.1, 0.15) is 16.0 Å². The van der Waals surface area contributed by atoms with Gasteiger partial charge < -0.3 is 15.0 Å². The lowest BCUT2D eigenvalue weighted by molar-refractivity contribution is 0.0951.